The first kappa shape index (κ1) is 12.2. The first-order valence-corrected chi connectivity index (χ1v) is 8.73. The second kappa shape index (κ2) is 5.80. The molecular weight excluding hydrogens is 197 g/mol. The van der Waals surface area contributed by atoms with Crippen LogP contribution in [0.3, 0.4) is 0 Å². The lowest BCUT2D eigenvalue weighted by Gasteiger charge is -2.05. The summed E-state index contributed by atoms with van der Waals surface area (Å²) >= 11 is 0. The van der Waals surface area contributed by atoms with E-state index >= 15 is 0 Å². The summed E-state index contributed by atoms with van der Waals surface area (Å²) in [7, 11) is 0.236. The molecule has 0 unspecified atom stereocenters. The van der Waals surface area contributed by atoms with Crippen molar-refractivity contribution in [2.45, 2.75) is 43.8 Å². The number of alkyl halides is 3. The number of hydrogen-bond donors (Lipinski definition) is 0. The van der Waals surface area contributed by atoms with E-state index in [2.05, 4.69) is 13.1 Å². The van der Waals surface area contributed by atoms with E-state index in [4.69, 9.17) is 0 Å². The van der Waals surface area contributed by atoms with Crippen LogP contribution in [0.2, 0.25) is 24.8 Å². The van der Waals surface area contributed by atoms with Gasteiger partial charge in [-0.05, 0) is 6.42 Å². The van der Waals surface area contributed by atoms with Gasteiger partial charge in [-0.1, -0.05) is 24.8 Å². The largest absolute Gasteiger partial charge is 0.389 e. The standard InChI is InChI=1S/C7H15F3Si2/c1-12(2)6-11-5-3-4-7(8,9)10/h12H,3-6H2,1-2H3. The quantitative estimate of drug-likeness (QED) is 0.485. The Morgan fingerprint density at radius 1 is 1.25 bits per heavy atom. The predicted octanol–water partition coefficient (Wildman–Crippen LogP) is 2.90. The Bertz CT molecular complexity index is 112. The fraction of sp³-hybridized carbons (Fsp3) is 1.00. The van der Waals surface area contributed by atoms with Crippen LogP contribution in [0.4, 0.5) is 13.2 Å². The van der Waals surface area contributed by atoms with Gasteiger partial charge in [0.25, 0.3) is 0 Å². The van der Waals surface area contributed by atoms with E-state index in [0.29, 0.717) is 6.42 Å². The van der Waals surface area contributed by atoms with E-state index in [1.807, 2.05) is 0 Å². The van der Waals surface area contributed by atoms with Gasteiger partial charge in [-0.3, -0.25) is 0 Å². The Labute approximate surface area is 76.0 Å². The van der Waals surface area contributed by atoms with Crippen LogP contribution in [0.25, 0.3) is 0 Å². The van der Waals surface area contributed by atoms with Crippen LogP contribution in [-0.4, -0.2) is 24.5 Å². The first-order chi connectivity index (χ1) is 5.42. The molecule has 0 bridgehead atoms. The van der Waals surface area contributed by atoms with Crippen molar-refractivity contribution in [2.75, 3.05) is 0 Å². The Morgan fingerprint density at radius 2 is 1.83 bits per heavy atom. The van der Waals surface area contributed by atoms with Crippen molar-refractivity contribution < 1.29 is 13.2 Å². The Morgan fingerprint density at radius 3 is 2.25 bits per heavy atom. The monoisotopic (exact) mass is 212 g/mol. The van der Waals surface area contributed by atoms with E-state index in [9.17, 15) is 13.2 Å². The van der Waals surface area contributed by atoms with Crippen LogP contribution < -0.4 is 0 Å². The summed E-state index contributed by atoms with van der Waals surface area (Å²) in [5.74, 6) is 0. The van der Waals surface area contributed by atoms with Crippen molar-refractivity contribution in [1.29, 1.82) is 0 Å². The molecule has 0 atom stereocenters. The van der Waals surface area contributed by atoms with Gasteiger partial charge in [0.15, 0.2) is 0 Å². The van der Waals surface area contributed by atoms with Crippen LogP contribution in [0.5, 0.6) is 0 Å². The van der Waals surface area contributed by atoms with Crippen LogP contribution in [0.15, 0.2) is 0 Å². The van der Waals surface area contributed by atoms with Gasteiger partial charge in [0.1, 0.15) is 0 Å². The second-order valence-electron chi connectivity index (χ2n) is 3.32. The smallest absolute Gasteiger partial charge is 0.171 e. The Hall–Kier alpha value is 0.224. The highest BCUT2D eigenvalue weighted by molar-refractivity contribution is 6.67. The molecule has 0 spiro atoms. The average molecular weight is 212 g/mol. The molecule has 0 aliphatic rings. The van der Waals surface area contributed by atoms with E-state index in [0.717, 1.165) is 15.6 Å². The maximum atomic E-state index is 11.7. The lowest BCUT2D eigenvalue weighted by molar-refractivity contribution is -0.134. The van der Waals surface area contributed by atoms with E-state index in [1.165, 1.54) is 5.67 Å². The molecule has 72 valence electrons. The van der Waals surface area contributed by atoms with Crippen molar-refractivity contribution in [3.05, 3.63) is 0 Å². The second-order valence-corrected chi connectivity index (χ2v) is 8.74. The van der Waals surface area contributed by atoms with Crippen molar-refractivity contribution in [3.63, 3.8) is 0 Å². The molecular formula is C7H15F3Si2. The van der Waals surface area contributed by atoms with Crippen LogP contribution in [0, 0.1) is 0 Å². The SMILES string of the molecule is C[SiH](C)C[Si]CCCC(F)(F)F. The summed E-state index contributed by atoms with van der Waals surface area (Å²) in [5.41, 5.74) is 1.21. The van der Waals surface area contributed by atoms with Crippen molar-refractivity contribution in [3.8, 4) is 0 Å². The fourth-order valence-electron chi connectivity index (χ4n) is 0.805. The van der Waals surface area contributed by atoms with Crippen molar-refractivity contribution >= 4 is 18.3 Å². The molecule has 5 heteroatoms. The molecule has 0 aliphatic heterocycles. The highest BCUT2D eigenvalue weighted by Crippen LogP contribution is 2.22. The third-order valence-corrected chi connectivity index (χ3v) is 6.49. The molecule has 0 aliphatic carbocycles. The van der Waals surface area contributed by atoms with Gasteiger partial charge in [0.05, 0.1) is 0 Å². The Balaban J connectivity index is 3.12. The van der Waals surface area contributed by atoms with Crippen LogP contribution in [-0.2, 0) is 0 Å². The summed E-state index contributed by atoms with van der Waals surface area (Å²) in [4.78, 5) is 0. The van der Waals surface area contributed by atoms with Gasteiger partial charge >= 0.3 is 6.18 Å². The normalized spacial score (nSPS) is 12.5. The highest BCUT2D eigenvalue weighted by atomic mass is 28.3. The van der Waals surface area contributed by atoms with Crippen molar-refractivity contribution in [1.82, 2.24) is 0 Å². The molecule has 0 saturated carbocycles. The van der Waals surface area contributed by atoms with Gasteiger partial charge in [-0.15, -0.1) is 0 Å². The number of halogens is 3. The van der Waals surface area contributed by atoms with Crippen LogP contribution in [0.1, 0.15) is 12.8 Å². The number of rotatable bonds is 5. The number of hydrogen-bond acceptors (Lipinski definition) is 0. The molecule has 12 heavy (non-hydrogen) atoms. The Kier molecular flexibility index (Phi) is 5.91. The lowest BCUT2D eigenvalue weighted by Crippen LogP contribution is -2.09. The third kappa shape index (κ3) is 10.2. The molecule has 0 N–H and O–H groups in total. The maximum absolute atomic E-state index is 11.7. The maximum Gasteiger partial charge on any atom is 0.389 e. The van der Waals surface area contributed by atoms with Crippen molar-refractivity contribution in [2.24, 2.45) is 0 Å². The molecule has 0 amide bonds. The van der Waals surface area contributed by atoms with Gasteiger partial charge in [0.2, 0.25) is 0 Å². The fourth-order valence-corrected chi connectivity index (χ4v) is 4.36. The molecule has 0 aromatic heterocycles. The molecule has 2 radical (unpaired) electrons. The minimum absolute atomic E-state index is 0.322. The molecule has 0 rings (SSSR count). The van der Waals surface area contributed by atoms with E-state index in [-0.39, 0.29) is 0 Å². The zero-order chi connectivity index (χ0) is 9.61. The minimum Gasteiger partial charge on any atom is -0.171 e. The van der Waals surface area contributed by atoms with E-state index < -0.39 is 21.4 Å². The molecule has 0 aromatic carbocycles. The van der Waals surface area contributed by atoms with Gasteiger partial charge < -0.3 is 0 Å². The average Bonchev–Trinajstić information content (AvgIpc) is 1.83. The molecule has 0 heterocycles. The topological polar surface area (TPSA) is 0 Å². The molecule has 0 saturated heterocycles. The zero-order valence-electron chi connectivity index (χ0n) is 7.54. The van der Waals surface area contributed by atoms with Gasteiger partial charge in [-0.2, -0.15) is 13.2 Å². The predicted molar refractivity (Wildman–Crippen MR) is 49.5 cm³/mol. The summed E-state index contributed by atoms with van der Waals surface area (Å²) < 4.78 is 35.0. The lowest BCUT2D eigenvalue weighted by atomic mass is 10.3. The van der Waals surface area contributed by atoms with E-state index in [1.54, 1.807) is 0 Å². The van der Waals surface area contributed by atoms with Crippen LogP contribution >= 0.6 is 0 Å². The van der Waals surface area contributed by atoms with Gasteiger partial charge in [-0.25, -0.2) is 0 Å². The summed E-state index contributed by atoms with van der Waals surface area (Å²) in [5, 5.41) is 0. The summed E-state index contributed by atoms with van der Waals surface area (Å²) in [6, 6.07) is 0.769. The third-order valence-electron chi connectivity index (χ3n) is 1.37. The van der Waals surface area contributed by atoms with Gasteiger partial charge in [0, 0.05) is 24.7 Å². The molecule has 0 fully saturated rings. The minimum atomic E-state index is -3.94. The summed E-state index contributed by atoms with van der Waals surface area (Å²) in [6.07, 6.45) is -4.22. The first-order valence-electron chi connectivity index (χ1n) is 4.19. The molecule has 0 aromatic rings. The molecule has 0 nitrogen and oxygen atoms in total. The summed E-state index contributed by atoms with van der Waals surface area (Å²) in [6.45, 7) is 4.47. The zero-order valence-corrected chi connectivity index (χ0v) is 9.69. The highest BCUT2D eigenvalue weighted by Gasteiger charge is 2.25.